The highest BCUT2D eigenvalue weighted by atomic mass is 16.5. The van der Waals surface area contributed by atoms with Gasteiger partial charge in [0.2, 0.25) is 11.7 Å². The maximum absolute atomic E-state index is 5.96. The van der Waals surface area contributed by atoms with E-state index in [1.165, 1.54) is 0 Å². The molecule has 1 saturated heterocycles. The summed E-state index contributed by atoms with van der Waals surface area (Å²) in [6.07, 6.45) is 1.72. The Bertz CT molecular complexity index is 794. The van der Waals surface area contributed by atoms with Gasteiger partial charge < -0.3 is 18.4 Å². The maximum Gasteiger partial charge on any atom is 0.241 e. The first-order valence-corrected chi connectivity index (χ1v) is 7.70. The molecule has 0 saturated carbocycles. The highest BCUT2D eigenvalue weighted by Gasteiger charge is 2.30. The average Bonchev–Trinajstić information content (AvgIpc) is 3.24. The summed E-state index contributed by atoms with van der Waals surface area (Å²) in [5.74, 6) is 3.15. The number of methoxy groups -OCH3 is 1. The number of rotatable bonds is 6. The molecule has 0 spiro atoms. The standard InChI is InChI=1S/C17H17N3O4/c1-21-13-5-2-3-6-14(13)23-12-9-20(10-12)11-16-18-17(19-24-16)15-7-4-8-22-15/h2-8,12H,9-11H2,1H3. The number of aromatic nitrogens is 2. The number of para-hydroxylation sites is 2. The van der Waals surface area contributed by atoms with Crippen LogP contribution in [0.2, 0.25) is 0 Å². The van der Waals surface area contributed by atoms with E-state index < -0.39 is 0 Å². The molecule has 0 amide bonds. The molecule has 0 N–H and O–H groups in total. The molecular formula is C17H17N3O4. The van der Waals surface area contributed by atoms with Gasteiger partial charge in [-0.25, -0.2) is 0 Å². The molecule has 2 aromatic heterocycles. The molecule has 1 aliphatic rings. The Labute approximate surface area is 138 Å². The Morgan fingerprint density at radius 3 is 2.75 bits per heavy atom. The van der Waals surface area contributed by atoms with Crippen molar-refractivity contribution in [1.29, 1.82) is 0 Å². The fourth-order valence-electron chi connectivity index (χ4n) is 2.64. The number of ether oxygens (including phenoxy) is 2. The quantitative estimate of drug-likeness (QED) is 0.689. The largest absolute Gasteiger partial charge is 0.493 e. The van der Waals surface area contributed by atoms with Crippen molar-refractivity contribution >= 4 is 0 Å². The van der Waals surface area contributed by atoms with Gasteiger partial charge in [0.15, 0.2) is 17.3 Å². The van der Waals surface area contributed by atoms with Crippen LogP contribution in [0.3, 0.4) is 0 Å². The first-order chi connectivity index (χ1) is 11.8. The number of likely N-dealkylation sites (tertiary alicyclic amines) is 1. The van der Waals surface area contributed by atoms with Gasteiger partial charge in [-0.3, -0.25) is 4.90 Å². The van der Waals surface area contributed by atoms with E-state index in [9.17, 15) is 0 Å². The molecule has 24 heavy (non-hydrogen) atoms. The van der Waals surface area contributed by atoms with E-state index in [-0.39, 0.29) is 6.10 Å². The normalized spacial score (nSPS) is 15.2. The highest BCUT2D eigenvalue weighted by molar-refractivity contribution is 5.44. The molecule has 124 valence electrons. The smallest absolute Gasteiger partial charge is 0.241 e. The molecular weight excluding hydrogens is 310 g/mol. The summed E-state index contributed by atoms with van der Waals surface area (Å²) < 4.78 is 21.8. The average molecular weight is 327 g/mol. The number of hydrogen-bond donors (Lipinski definition) is 0. The van der Waals surface area contributed by atoms with Crippen LogP contribution in [-0.4, -0.2) is 41.3 Å². The minimum Gasteiger partial charge on any atom is -0.493 e. The molecule has 1 aliphatic heterocycles. The first kappa shape index (κ1) is 14.8. The van der Waals surface area contributed by atoms with Gasteiger partial charge in [0.05, 0.1) is 19.9 Å². The Hall–Kier alpha value is -2.80. The van der Waals surface area contributed by atoms with Crippen molar-refractivity contribution in [3.8, 4) is 23.1 Å². The molecule has 4 rings (SSSR count). The lowest BCUT2D eigenvalue weighted by molar-refractivity contribution is 0.00729. The van der Waals surface area contributed by atoms with Crippen LogP contribution >= 0.6 is 0 Å². The van der Waals surface area contributed by atoms with Crippen molar-refractivity contribution in [3.63, 3.8) is 0 Å². The molecule has 0 radical (unpaired) electrons. The van der Waals surface area contributed by atoms with E-state index in [0.717, 1.165) is 24.6 Å². The lowest BCUT2D eigenvalue weighted by Crippen LogP contribution is -2.53. The van der Waals surface area contributed by atoms with Gasteiger partial charge in [-0.15, -0.1) is 0 Å². The minimum absolute atomic E-state index is 0.133. The summed E-state index contributed by atoms with van der Waals surface area (Å²) in [7, 11) is 1.64. The zero-order valence-corrected chi connectivity index (χ0v) is 13.2. The first-order valence-electron chi connectivity index (χ1n) is 7.70. The van der Waals surface area contributed by atoms with Crippen LogP contribution in [0, 0.1) is 0 Å². The van der Waals surface area contributed by atoms with Crippen LogP contribution in [0.1, 0.15) is 5.89 Å². The second kappa shape index (κ2) is 6.37. The Balaban J connectivity index is 1.30. The van der Waals surface area contributed by atoms with Crippen LogP contribution in [0.4, 0.5) is 0 Å². The lowest BCUT2D eigenvalue weighted by Gasteiger charge is -2.38. The second-order valence-electron chi connectivity index (χ2n) is 5.57. The molecule has 1 fully saturated rings. The zero-order chi connectivity index (χ0) is 16.4. The van der Waals surface area contributed by atoms with Crippen LogP contribution in [0.5, 0.6) is 11.5 Å². The Kier molecular flexibility index (Phi) is 3.92. The number of hydrogen-bond acceptors (Lipinski definition) is 7. The van der Waals surface area contributed by atoms with Gasteiger partial charge in [-0.2, -0.15) is 4.98 Å². The van der Waals surface area contributed by atoms with E-state index in [1.807, 2.05) is 24.3 Å². The predicted molar refractivity (Wildman–Crippen MR) is 84.7 cm³/mol. The predicted octanol–water partition coefficient (Wildman–Crippen LogP) is 2.60. The topological polar surface area (TPSA) is 73.8 Å². The van der Waals surface area contributed by atoms with Gasteiger partial charge in [0, 0.05) is 13.1 Å². The van der Waals surface area contributed by atoms with E-state index in [4.69, 9.17) is 18.4 Å². The van der Waals surface area contributed by atoms with Gasteiger partial charge in [-0.1, -0.05) is 17.3 Å². The molecule has 0 atom stereocenters. The van der Waals surface area contributed by atoms with Gasteiger partial charge in [0.25, 0.3) is 0 Å². The number of benzene rings is 1. The molecule has 3 heterocycles. The number of furan rings is 1. The molecule has 0 bridgehead atoms. The fraction of sp³-hybridized carbons (Fsp3) is 0.294. The zero-order valence-electron chi connectivity index (χ0n) is 13.2. The Morgan fingerprint density at radius 2 is 2.00 bits per heavy atom. The summed E-state index contributed by atoms with van der Waals surface area (Å²) in [4.78, 5) is 6.52. The van der Waals surface area contributed by atoms with Gasteiger partial charge in [-0.05, 0) is 24.3 Å². The lowest BCUT2D eigenvalue weighted by atomic mass is 10.1. The fourth-order valence-corrected chi connectivity index (χ4v) is 2.64. The van der Waals surface area contributed by atoms with Crippen LogP contribution < -0.4 is 9.47 Å². The summed E-state index contributed by atoms with van der Waals surface area (Å²) >= 11 is 0. The SMILES string of the molecule is COc1ccccc1OC1CN(Cc2nc(-c3ccco3)no2)C1. The van der Waals surface area contributed by atoms with Crippen molar-refractivity contribution in [1.82, 2.24) is 15.0 Å². The number of nitrogens with zero attached hydrogens (tertiary/aromatic N) is 3. The van der Waals surface area contributed by atoms with E-state index in [0.29, 0.717) is 24.0 Å². The highest BCUT2D eigenvalue weighted by Crippen LogP contribution is 2.29. The molecule has 0 unspecified atom stereocenters. The monoisotopic (exact) mass is 327 g/mol. The third kappa shape index (κ3) is 2.98. The summed E-state index contributed by atoms with van der Waals surface area (Å²) in [5, 5.41) is 3.93. The third-order valence-electron chi connectivity index (χ3n) is 3.85. The minimum atomic E-state index is 0.133. The van der Waals surface area contributed by atoms with Gasteiger partial charge >= 0.3 is 0 Å². The van der Waals surface area contributed by atoms with Gasteiger partial charge in [0.1, 0.15) is 6.10 Å². The van der Waals surface area contributed by atoms with Crippen molar-refractivity contribution < 1.29 is 18.4 Å². The van der Waals surface area contributed by atoms with E-state index >= 15 is 0 Å². The van der Waals surface area contributed by atoms with Crippen LogP contribution in [0.25, 0.3) is 11.6 Å². The summed E-state index contributed by atoms with van der Waals surface area (Å²) in [6, 6.07) is 11.2. The van der Waals surface area contributed by atoms with E-state index in [1.54, 1.807) is 25.5 Å². The molecule has 7 nitrogen and oxygen atoms in total. The molecule has 7 heteroatoms. The van der Waals surface area contributed by atoms with Crippen molar-refractivity contribution in [3.05, 3.63) is 48.6 Å². The van der Waals surface area contributed by atoms with Crippen molar-refractivity contribution in [2.45, 2.75) is 12.6 Å². The van der Waals surface area contributed by atoms with Crippen molar-refractivity contribution in [2.24, 2.45) is 0 Å². The molecule has 1 aromatic carbocycles. The van der Waals surface area contributed by atoms with Crippen LogP contribution in [-0.2, 0) is 6.54 Å². The summed E-state index contributed by atoms with van der Waals surface area (Å²) in [6.45, 7) is 2.20. The van der Waals surface area contributed by atoms with Crippen LogP contribution in [0.15, 0.2) is 51.6 Å². The maximum atomic E-state index is 5.96. The molecule has 3 aromatic rings. The Morgan fingerprint density at radius 1 is 1.17 bits per heavy atom. The van der Waals surface area contributed by atoms with Crippen molar-refractivity contribution in [2.75, 3.05) is 20.2 Å². The summed E-state index contributed by atoms with van der Waals surface area (Å²) in [5.41, 5.74) is 0. The van der Waals surface area contributed by atoms with E-state index in [2.05, 4.69) is 15.0 Å². The third-order valence-corrected chi connectivity index (χ3v) is 3.85. The molecule has 0 aliphatic carbocycles. The second-order valence-corrected chi connectivity index (χ2v) is 5.57.